The summed E-state index contributed by atoms with van der Waals surface area (Å²) in [6.45, 7) is 3.73. The van der Waals surface area contributed by atoms with Gasteiger partial charge in [-0.05, 0) is 43.2 Å². The molecule has 0 bridgehead atoms. The summed E-state index contributed by atoms with van der Waals surface area (Å²) in [4.78, 5) is 47.2. The molecular formula is C28H26F3N7O4. The molecule has 5 rings (SSSR count). The summed E-state index contributed by atoms with van der Waals surface area (Å²) >= 11 is 0. The number of hydrogen-bond donors (Lipinski definition) is 0. The Hall–Kier alpha value is -5.01. The van der Waals surface area contributed by atoms with E-state index in [2.05, 4.69) is 15.1 Å². The molecule has 0 spiro atoms. The van der Waals surface area contributed by atoms with E-state index in [1.165, 1.54) is 38.5 Å². The first-order valence-electron chi connectivity index (χ1n) is 13.1. The molecule has 11 nitrogen and oxygen atoms in total. The maximum absolute atomic E-state index is 13.6. The lowest BCUT2D eigenvalue weighted by atomic mass is 10.1. The standard InChI is InChI=1S/C28H26F3N7O4/c1-3-11-37-25(39)23-22(36(4-2)27(37)41)13-21(38(23)17-42-26(40)24-32-9-6-10-33-24)19-14-34-35(16-19)15-18-7-5-8-20(12-18)28(29,30)31/h5-10,12-14,16H,3-4,11,15,17H2,1-2H3. The van der Waals surface area contributed by atoms with Crippen LogP contribution in [0.5, 0.6) is 0 Å². The van der Waals surface area contributed by atoms with Crippen LogP contribution < -0.4 is 11.2 Å². The molecule has 4 aromatic heterocycles. The number of nitrogens with zero attached hydrogens (tertiary/aromatic N) is 7. The number of carbonyl (C=O) groups excluding carboxylic acids is 1. The number of hydrogen-bond acceptors (Lipinski definition) is 7. The predicted molar refractivity (Wildman–Crippen MR) is 146 cm³/mol. The van der Waals surface area contributed by atoms with Crippen molar-refractivity contribution < 1.29 is 22.7 Å². The zero-order valence-corrected chi connectivity index (χ0v) is 22.7. The van der Waals surface area contributed by atoms with Crippen LogP contribution in [-0.2, 0) is 37.3 Å². The molecule has 5 aromatic rings. The maximum atomic E-state index is 13.6. The quantitative estimate of drug-likeness (QED) is 0.242. The molecule has 0 unspecified atom stereocenters. The summed E-state index contributed by atoms with van der Waals surface area (Å²) in [6, 6.07) is 8.13. The zero-order valence-electron chi connectivity index (χ0n) is 22.7. The van der Waals surface area contributed by atoms with Crippen LogP contribution in [0.2, 0.25) is 0 Å². The third kappa shape index (κ3) is 5.47. The van der Waals surface area contributed by atoms with Gasteiger partial charge in [0.1, 0.15) is 5.52 Å². The van der Waals surface area contributed by atoms with E-state index in [9.17, 15) is 27.6 Å². The molecule has 42 heavy (non-hydrogen) atoms. The van der Waals surface area contributed by atoms with Crippen molar-refractivity contribution >= 4 is 17.0 Å². The van der Waals surface area contributed by atoms with Crippen LogP contribution in [0.25, 0.3) is 22.3 Å². The third-order valence-corrected chi connectivity index (χ3v) is 6.64. The first-order valence-corrected chi connectivity index (χ1v) is 13.1. The minimum Gasteiger partial charge on any atom is -0.438 e. The lowest BCUT2D eigenvalue weighted by molar-refractivity contribution is -0.137. The summed E-state index contributed by atoms with van der Waals surface area (Å²) in [5.41, 5.74) is -0.000106. The van der Waals surface area contributed by atoms with Crippen LogP contribution in [0.4, 0.5) is 13.2 Å². The van der Waals surface area contributed by atoms with E-state index in [0.717, 1.165) is 16.7 Å². The second kappa shape index (κ2) is 11.5. The molecule has 0 aliphatic carbocycles. The van der Waals surface area contributed by atoms with Crippen molar-refractivity contribution in [2.45, 2.75) is 52.8 Å². The van der Waals surface area contributed by atoms with Gasteiger partial charge < -0.3 is 9.30 Å². The number of aryl methyl sites for hydroxylation is 1. The summed E-state index contributed by atoms with van der Waals surface area (Å²) in [6.07, 6.45) is 1.94. The summed E-state index contributed by atoms with van der Waals surface area (Å²) in [5, 5.41) is 4.31. The van der Waals surface area contributed by atoms with Crippen LogP contribution >= 0.6 is 0 Å². The fraction of sp³-hybridized carbons (Fsp3) is 0.286. The Kier molecular flexibility index (Phi) is 7.79. The van der Waals surface area contributed by atoms with E-state index in [1.807, 2.05) is 6.92 Å². The fourth-order valence-electron chi connectivity index (χ4n) is 4.74. The van der Waals surface area contributed by atoms with Gasteiger partial charge in [0.15, 0.2) is 6.73 Å². The maximum Gasteiger partial charge on any atom is 0.416 e. The van der Waals surface area contributed by atoms with Gasteiger partial charge in [-0.2, -0.15) is 18.3 Å². The summed E-state index contributed by atoms with van der Waals surface area (Å²) in [7, 11) is 0. The van der Waals surface area contributed by atoms with E-state index < -0.39 is 35.7 Å². The SMILES string of the molecule is CCCn1c(=O)c2c(cc(-c3cnn(Cc4cccc(C(F)(F)F)c4)c3)n2COC(=O)c2ncccn2)n(CC)c1=O. The first kappa shape index (κ1) is 28.5. The van der Waals surface area contributed by atoms with Gasteiger partial charge in [-0.3, -0.25) is 18.6 Å². The van der Waals surface area contributed by atoms with Gasteiger partial charge in [0.05, 0.1) is 29.5 Å². The lowest BCUT2D eigenvalue weighted by Gasteiger charge is -2.13. The molecule has 0 fully saturated rings. The number of fused-ring (bicyclic) bond motifs is 1. The number of ether oxygens (including phenoxy) is 1. The number of aromatic nitrogens is 7. The van der Waals surface area contributed by atoms with Gasteiger partial charge in [0.2, 0.25) is 5.82 Å². The van der Waals surface area contributed by atoms with Crippen LogP contribution in [0.15, 0.2) is 70.8 Å². The molecule has 0 saturated carbocycles. The number of halogens is 3. The zero-order chi connectivity index (χ0) is 30.0. The molecule has 0 aliphatic heterocycles. The van der Waals surface area contributed by atoms with E-state index in [-0.39, 0.29) is 31.0 Å². The third-order valence-electron chi connectivity index (χ3n) is 6.64. The molecule has 0 amide bonds. The minimum absolute atomic E-state index is 0.0491. The molecule has 0 N–H and O–H groups in total. The fourth-order valence-corrected chi connectivity index (χ4v) is 4.74. The highest BCUT2D eigenvalue weighted by Gasteiger charge is 2.30. The molecule has 218 valence electrons. The van der Waals surface area contributed by atoms with Crippen molar-refractivity contribution in [3.63, 3.8) is 0 Å². The van der Waals surface area contributed by atoms with E-state index in [1.54, 1.807) is 31.3 Å². The highest BCUT2D eigenvalue weighted by molar-refractivity contribution is 5.86. The van der Waals surface area contributed by atoms with Crippen molar-refractivity contribution in [2.24, 2.45) is 0 Å². The normalized spacial score (nSPS) is 11.7. The van der Waals surface area contributed by atoms with Crippen molar-refractivity contribution in [3.05, 3.63) is 99.0 Å². The van der Waals surface area contributed by atoms with Crippen LogP contribution in [0, 0.1) is 0 Å². The Labute approximate surface area is 236 Å². The Morgan fingerprint density at radius 3 is 2.45 bits per heavy atom. The summed E-state index contributed by atoms with van der Waals surface area (Å²) < 4.78 is 50.6. The Morgan fingerprint density at radius 1 is 1.00 bits per heavy atom. The molecule has 4 heterocycles. The van der Waals surface area contributed by atoms with E-state index >= 15 is 0 Å². The molecular weight excluding hydrogens is 555 g/mol. The average molecular weight is 582 g/mol. The molecule has 0 saturated heterocycles. The van der Waals surface area contributed by atoms with Gasteiger partial charge in [-0.15, -0.1) is 0 Å². The number of rotatable bonds is 9. The van der Waals surface area contributed by atoms with Crippen molar-refractivity contribution in [1.29, 1.82) is 0 Å². The number of carbonyl (C=O) groups is 1. The van der Waals surface area contributed by atoms with Gasteiger partial charge in [-0.25, -0.2) is 19.6 Å². The Morgan fingerprint density at radius 2 is 1.76 bits per heavy atom. The Balaban J connectivity index is 1.60. The van der Waals surface area contributed by atoms with Gasteiger partial charge in [-0.1, -0.05) is 19.1 Å². The number of benzene rings is 1. The van der Waals surface area contributed by atoms with E-state index in [0.29, 0.717) is 28.8 Å². The van der Waals surface area contributed by atoms with Gasteiger partial charge >= 0.3 is 17.8 Å². The molecule has 1 aromatic carbocycles. The molecule has 0 atom stereocenters. The molecule has 0 aliphatic rings. The predicted octanol–water partition coefficient (Wildman–Crippen LogP) is 3.93. The van der Waals surface area contributed by atoms with Crippen LogP contribution in [-0.4, -0.2) is 39.4 Å². The number of alkyl halides is 3. The second-order valence-electron chi connectivity index (χ2n) is 9.43. The molecule has 14 heteroatoms. The first-order chi connectivity index (χ1) is 20.1. The number of esters is 1. The minimum atomic E-state index is -4.48. The topological polar surface area (TPSA) is 119 Å². The lowest BCUT2D eigenvalue weighted by Crippen LogP contribution is -2.40. The van der Waals surface area contributed by atoms with Crippen molar-refractivity contribution in [1.82, 2.24) is 33.4 Å². The van der Waals surface area contributed by atoms with Crippen molar-refractivity contribution in [2.75, 3.05) is 0 Å². The largest absolute Gasteiger partial charge is 0.438 e. The Bertz CT molecular complexity index is 1870. The highest BCUT2D eigenvalue weighted by Crippen LogP contribution is 2.30. The molecule has 0 radical (unpaired) electrons. The van der Waals surface area contributed by atoms with Crippen LogP contribution in [0.3, 0.4) is 0 Å². The summed E-state index contributed by atoms with van der Waals surface area (Å²) in [5.74, 6) is -0.986. The van der Waals surface area contributed by atoms with Crippen LogP contribution in [0.1, 0.15) is 42.0 Å². The average Bonchev–Trinajstić information content (AvgIpc) is 3.59. The smallest absolute Gasteiger partial charge is 0.416 e. The second-order valence-corrected chi connectivity index (χ2v) is 9.43. The monoisotopic (exact) mass is 581 g/mol. The van der Waals surface area contributed by atoms with Crippen molar-refractivity contribution in [3.8, 4) is 11.3 Å². The highest BCUT2D eigenvalue weighted by atomic mass is 19.4. The van der Waals surface area contributed by atoms with E-state index in [4.69, 9.17) is 4.74 Å². The van der Waals surface area contributed by atoms with Gasteiger partial charge in [0.25, 0.3) is 5.56 Å². The van der Waals surface area contributed by atoms with Gasteiger partial charge in [0, 0.05) is 37.2 Å².